The van der Waals surface area contributed by atoms with Crippen molar-refractivity contribution in [2.24, 2.45) is 0 Å². The topological polar surface area (TPSA) is 52.6 Å². The van der Waals surface area contributed by atoms with Crippen LogP contribution in [-0.2, 0) is 4.79 Å². The van der Waals surface area contributed by atoms with E-state index in [1.165, 1.54) is 0 Å². The van der Waals surface area contributed by atoms with Crippen LogP contribution in [0.1, 0.15) is 33.1 Å². The van der Waals surface area contributed by atoms with Gasteiger partial charge >= 0.3 is 0 Å². The van der Waals surface area contributed by atoms with Gasteiger partial charge in [-0.25, -0.2) is 0 Å². The molecule has 0 heterocycles. The maximum Gasteiger partial charge on any atom is 0.223 e. The zero-order valence-corrected chi connectivity index (χ0v) is 10.3. The quantitative estimate of drug-likeness (QED) is 0.655. The fraction of sp³-hybridized carbons (Fsp3) is 0.909. The first-order valence-corrected chi connectivity index (χ1v) is 5.59. The highest BCUT2D eigenvalue weighted by Gasteiger charge is 2.11. The Morgan fingerprint density at radius 1 is 1.47 bits per heavy atom. The molecule has 15 heavy (non-hydrogen) atoms. The highest BCUT2D eigenvalue weighted by atomic mass is 16.3. The van der Waals surface area contributed by atoms with Gasteiger partial charge in [-0.1, -0.05) is 13.3 Å². The minimum Gasteiger partial charge on any atom is -0.392 e. The fourth-order valence-electron chi connectivity index (χ4n) is 1.29. The molecule has 0 aliphatic carbocycles. The van der Waals surface area contributed by atoms with Gasteiger partial charge in [0.2, 0.25) is 5.91 Å². The van der Waals surface area contributed by atoms with Crippen LogP contribution >= 0.6 is 0 Å². The summed E-state index contributed by atoms with van der Waals surface area (Å²) in [6.45, 7) is 4.57. The molecule has 0 aliphatic rings. The molecule has 0 aliphatic heterocycles. The van der Waals surface area contributed by atoms with Crippen LogP contribution in [0.5, 0.6) is 0 Å². The predicted molar refractivity (Wildman–Crippen MR) is 61.7 cm³/mol. The Morgan fingerprint density at radius 2 is 2.07 bits per heavy atom. The first-order valence-electron chi connectivity index (χ1n) is 5.59. The minimum absolute atomic E-state index is 0.111. The van der Waals surface area contributed by atoms with Crippen molar-refractivity contribution in [1.82, 2.24) is 10.2 Å². The lowest BCUT2D eigenvalue weighted by Crippen LogP contribution is -2.37. The summed E-state index contributed by atoms with van der Waals surface area (Å²) < 4.78 is 0. The average Bonchev–Trinajstić information content (AvgIpc) is 2.15. The van der Waals surface area contributed by atoms with Crippen LogP contribution in [-0.4, -0.2) is 48.7 Å². The summed E-state index contributed by atoms with van der Waals surface area (Å²) in [5, 5.41) is 12.6. The van der Waals surface area contributed by atoms with Crippen molar-refractivity contribution < 1.29 is 9.90 Å². The Bertz CT molecular complexity index is 183. The number of nitrogens with zero attached hydrogens (tertiary/aromatic N) is 1. The lowest BCUT2D eigenvalue weighted by atomic mass is 10.1. The summed E-state index contributed by atoms with van der Waals surface area (Å²) in [5.74, 6) is 0.111. The maximum atomic E-state index is 11.3. The van der Waals surface area contributed by atoms with E-state index >= 15 is 0 Å². The van der Waals surface area contributed by atoms with E-state index in [2.05, 4.69) is 5.32 Å². The molecule has 2 unspecified atom stereocenters. The molecule has 0 aromatic carbocycles. The monoisotopic (exact) mass is 216 g/mol. The number of carbonyl (C=O) groups excluding carboxylic acids is 1. The van der Waals surface area contributed by atoms with E-state index in [0.29, 0.717) is 13.0 Å². The van der Waals surface area contributed by atoms with Gasteiger partial charge in [0.15, 0.2) is 0 Å². The lowest BCUT2D eigenvalue weighted by Gasteiger charge is -2.18. The first kappa shape index (κ1) is 14.4. The molecule has 2 N–H and O–H groups in total. The SMILES string of the molecule is CCCC(O)CNC(C)CC(=O)N(C)C. The molecule has 2 atom stereocenters. The first-order chi connectivity index (χ1) is 6.97. The van der Waals surface area contributed by atoms with Gasteiger partial charge < -0.3 is 15.3 Å². The lowest BCUT2D eigenvalue weighted by molar-refractivity contribution is -0.129. The summed E-state index contributed by atoms with van der Waals surface area (Å²) in [7, 11) is 3.50. The molecule has 0 rings (SSSR count). The van der Waals surface area contributed by atoms with Gasteiger partial charge in [-0.3, -0.25) is 4.79 Å². The Morgan fingerprint density at radius 3 is 2.53 bits per heavy atom. The molecule has 4 nitrogen and oxygen atoms in total. The fourth-order valence-corrected chi connectivity index (χ4v) is 1.29. The average molecular weight is 216 g/mol. The Balaban J connectivity index is 3.65. The normalized spacial score (nSPS) is 14.7. The smallest absolute Gasteiger partial charge is 0.223 e. The van der Waals surface area contributed by atoms with Crippen molar-refractivity contribution in [1.29, 1.82) is 0 Å². The van der Waals surface area contributed by atoms with E-state index in [4.69, 9.17) is 0 Å². The molecule has 0 bridgehead atoms. The van der Waals surface area contributed by atoms with Crippen LogP contribution in [0.3, 0.4) is 0 Å². The zero-order chi connectivity index (χ0) is 11.8. The van der Waals surface area contributed by atoms with E-state index in [0.717, 1.165) is 12.8 Å². The summed E-state index contributed by atoms with van der Waals surface area (Å²) in [4.78, 5) is 12.9. The maximum absolute atomic E-state index is 11.3. The molecule has 0 aromatic heterocycles. The summed E-state index contributed by atoms with van der Waals surface area (Å²) >= 11 is 0. The predicted octanol–water partition coefficient (Wildman–Crippen LogP) is 0.604. The van der Waals surface area contributed by atoms with Crippen molar-refractivity contribution in [2.75, 3.05) is 20.6 Å². The number of nitrogens with one attached hydrogen (secondary N) is 1. The van der Waals surface area contributed by atoms with Gasteiger partial charge in [-0.05, 0) is 13.3 Å². The molecule has 0 aromatic rings. The second-order valence-corrected chi connectivity index (χ2v) is 4.24. The summed E-state index contributed by atoms with van der Waals surface area (Å²) in [6, 6.07) is 0.117. The number of amides is 1. The van der Waals surface area contributed by atoms with Gasteiger partial charge in [-0.2, -0.15) is 0 Å². The van der Waals surface area contributed by atoms with Crippen LogP contribution in [0.4, 0.5) is 0 Å². The zero-order valence-electron chi connectivity index (χ0n) is 10.3. The van der Waals surface area contributed by atoms with Crippen molar-refractivity contribution >= 4 is 5.91 Å². The Hall–Kier alpha value is -0.610. The largest absolute Gasteiger partial charge is 0.392 e. The van der Waals surface area contributed by atoms with E-state index < -0.39 is 0 Å². The van der Waals surface area contributed by atoms with Gasteiger partial charge in [0.05, 0.1) is 6.10 Å². The number of aliphatic hydroxyl groups excluding tert-OH is 1. The van der Waals surface area contributed by atoms with Gasteiger partial charge in [0.25, 0.3) is 0 Å². The minimum atomic E-state index is -0.299. The van der Waals surface area contributed by atoms with Crippen molar-refractivity contribution in [2.45, 2.75) is 45.3 Å². The molecule has 0 saturated heterocycles. The van der Waals surface area contributed by atoms with E-state index in [-0.39, 0.29) is 18.1 Å². The van der Waals surface area contributed by atoms with E-state index in [1.807, 2.05) is 13.8 Å². The third-order valence-corrected chi connectivity index (χ3v) is 2.30. The van der Waals surface area contributed by atoms with Crippen LogP contribution in [0.25, 0.3) is 0 Å². The molecular formula is C11H24N2O2. The van der Waals surface area contributed by atoms with Crippen molar-refractivity contribution in [3.05, 3.63) is 0 Å². The molecule has 4 heteroatoms. The van der Waals surface area contributed by atoms with Crippen LogP contribution < -0.4 is 5.32 Å². The van der Waals surface area contributed by atoms with Crippen molar-refractivity contribution in [3.63, 3.8) is 0 Å². The molecule has 1 amide bonds. The molecular weight excluding hydrogens is 192 g/mol. The van der Waals surface area contributed by atoms with Gasteiger partial charge in [0, 0.05) is 33.1 Å². The molecule has 0 fully saturated rings. The number of hydrogen-bond acceptors (Lipinski definition) is 3. The number of rotatable bonds is 7. The van der Waals surface area contributed by atoms with Crippen molar-refractivity contribution in [3.8, 4) is 0 Å². The standard InChI is InChI=1S/C11H24N2O2/c1-5-6-10(14)8-12-9(2)7-11(15)13(3)4/h9-10,12,14H,5-8H2,1-4H3. The van der Waals surface area contributed by atoms with Crippen LogP contribution in [0.15, 0.2) is 0 Å². The molecule has 0 radical (unpaired) electrons. The second-order valence-electron chi connectivity index (χ2n) is 4.24. The third-order valence-electron chi connectivity index (χ3n) is 2.30. The van der Waals surface area contributed by atoms with E-state index in [1.54, 1.807) is 19.0 Å². The highest BCUT2D eigenvalue weighted by Crippen LogP contribution is 1.98. The second kappa shape index (κ2) is 7.65. The number of aliphatic hydroxyl groups is 1. The Labute approximate surface area is 92.7 Å². The molecule has 0 spiro atoms. The highest BCUT2D eigenvalue weighted by molar-refractivity contribution is 5.76. The van der Waals surface area contributed by atoms with Gasteiger partial charge in [0.1, 0.15) is 0 Å². The number of hydrogen-bond donors (Lipinski definition) is 2. The molecule has 90 valence electrons. The summed E-state index contributed by atoms with van der Waals surface area (Å²) in [5.41, 5.74) is 0. The molecule has 0 saturated carbocycles. The van der Waals surface area contributed by atoms with E-state index in [9.17, 15) is 9.90 Å². The van der Waals surface area contributed by atoms with Crippen LogP contribution in [0, 0.1) is 0 Å². The summed E-state index contributed by atoms with van der Waals surface area (Å²) in [6.07, 6.45) is 1.97. The number of carbonyl (C=O) groups is 1. The Kier molecular flexibility index (Phi) is 7.34. The third kappa shape index (κ3) is 7.33. The van der Waals surface area contributed by atoms with Crippen LogP contribution in [0.2, 0.25) is 0 Å². The van der Waals surface area contributed by atoms with Gasteiger partial charge in [-0.15, -0.1) is 0 Å².